The summed E-state index contributed by atoms with van der Waals surface area (Å²) in [7, 11) is 0. The lowest BCUT2D eigenvalue weighted by molar-refractivity contribution is -0.115. The van der Waals surface area contributed by atoms with Crippen molar-refractivity contribution < 1.29 is 14.4 Å². The molecule has 0 unspecified atom stereocenters. The number of unbranched alkanes of at least 4 members (excludes halogenated alkanes) is 2. The highest BCUT2D eigenvalue weighted by molar-refractivity contribution is 6.45. The highest BCUT2D eigenvalue weighted by Crippen LogP contribution is 2.22. The minimum Gasteiger partial charge on any atom is -0.294 e. The maximum absolute atomic E-state index is 12.7. The Labute approximate surface area is 181 Å². The van der Waals surface area contributed by atoms with Gasteiger partial charge in [0.05, 0.1) is 0 Å². The van der Waals surface area contributed by atoms with Crippen molar-refractivity contribution in [3.63, 3.8) is 0 Å². The predicted octanol–water partition coefficient (Wildman–Crippen LogP) is 6.58. The molecule has 0 aliphatic carbocycles. The normalized spacial score (nSPS) is 11.0. The van der Waals surface area contributed by atoms with Crippen LogP contribution in [0.25, 0.3) is 21.5 Å². The summed E-state index contributed by atoms with van der Waals surface area (Å²) in [5.74, 6) is -0.671. The highest BCUT2D eigenvalue weighted by Gasteiger charge is 2.18. The molecule has 0 amide bonds. The topological polar surface area (TPSA) is 51.2 Å². The highest BCUT2D eigenvalue weighted by atomic mass is 16.2. The summed E-state index contributed by atoms with van der Waals surface area (Å²) < 4.78 is 0. The van der Waals surface area contributed by atoms with E-state index in [0.29, 0.717) is 24.8 Å². The second-order valence-electron chi connectivity index (χ2n) is 7.79. The van der Waals surface area contributed by atoms with Crippen molar-refractivity contribution in [2.75, 3.05) is 0 Å². The van der Waals surface area contributed by atoms with Gasteiger partial charge in [-0.15, -0.1) is 0 Å². The van der Waals surface area contributed by atoms with Crippen LogP contribution in [0.1, 0.15) is 52.8 Å². The van der Waals surface area contributed by atoms with Crippen molar-refractivity contribution in [3.8, 4) is 0 Å². The molecule has 0 radical (unpaired) electrons. The molecule has 31 heavy (non-hydrogen) atoms. The summed E-state index contributed by atoms with van der Waals surface area (Å²) in [5.41, 5.74) is 1.22. The van der Waals surface area contributed by atoms with Gasteiger partial charge in [-0.25, -0.2) is 0 Å². The van der Waals surface area contributed by atoms with Crippen molar-refractivity contribution in [1.82, 2.24) is 0 Å². The van der Waals surface area contributed by atoms with Gasteiger partial charge in [0.15, 0.2) is 5.78 Å². The Morgan fingerprint density at radius 1 is 0.516 bits per heavy atom. The van der Waals surface area contributed by atoms with Crippen LogP contribution < -0.4 is 0 Å². The zero-order chi connectivity index (χ0) is 21.6. The fourth-order valence-corrected chi connectivity index (χ4v) is 4.04. The number of hydrogen-bond acceptors (Lipinski definition) is 3. The van der Waals surface area contributed by atoms with Crippen molar-refractivity contribution in [3.05, 3.63) is 96.1 Å². The smallest absolute Gasteiger partial charge is 0.229 e. The molecule has 0 bridgehead atoms. The fourth-order valence-electron chi connectivity index (χ4n) is 4.04. The minimum absolute atomic E-state index is 0.120. The van der Waals surface area contributed by atoms with Crippen molar-refractivity contribution in [1.29, 1.82) is 0 Å². The molecular formula is C28H24O3. The Kier molecular flexibility index (Phi) is 6.32. The third-order valence-electron chi connectivity index (χ3n) is 5.69. The van der Waals surface area contributed by atoms with E-state index in [9.17, 15) is 14.4 Å². The number of ketones is 3. The molecule has 0 aromatic heterocycles. The molecule has 4 rings (SSSR count). The number of Topliss-reactive ketones (excluding diaryl/α,β-unsaturated/α-hetero) is 3. The molecule has 154 valence electrons. The Balaban J connectivity index is 1.29. The van der Waals surface area contributed by atoms with Crippen LogP contribution in [0.2, 0.25) is 0 Å². The van der Waals surface area contributed by atoms with Gasteiger partial charge in [0.25, 0.3) is 0 Å². The number of carbonyl (C=O) groups excluding carboxylic acids is 3. The number of fused-ring (bicyclic) bond motifs is 2. The van der Waals surface area contributed by atoms with E-state index >= 15 is 0 Å². The minimum atomic E-state index is -0.427. The lowest BCUT2D eigenvalue weighted by Crippen LogP contribution is -2.14. The van der Waals surface area contributed by atoms with Crippen LogP contribution >= 0.6 is 0 Å². The largest absolute Gasteiger partial charge is 0.294 e. The van der Waals surface area contributed by atoms with Gasteiger partial charge in [0.2, 0.25) is 11.6 Å². The number of benzene rings is 4. The molecule has 0 atom stereocenters. The summed E-state index contributed by atoms with van der Waals surface area (Å²) in [5, 5.41) is 3.80. The van der Waals surface area contributed by atoms with Gasteiger partial charge >= 0.3 is 0 Å². The van der Waals surface area contributed by atoms with Crippen LogP contribution in [0.5, 0.6) is 0 Å². The quantitative estimate of drug-likeness (QED) is 0.179. The predicted molar refractivity (Wildman–Crippen MR) is 125 cm³/mol. The van der Waals surface area contributed by atoms with Crippen LogP contribution in [0.4, 0.5) is 0 Å². The first-order chi connectivity index (χ1) is 15.1. The molecule has 0 aliphatic rings. The lowest BCUT2D eigenvalue weighted by atomic mass is 9.96. The van der Waals surface area contributed by atoms with Crippen molar-refractivity contribution in [2.24, 2.45) is 0 Å². The van der Waals surface area contributed by atoms with Crippen LogP contribution in [-0.4, -0.2) is 17.3 Å². The molecule has 0 fully saturated rings. The summed E-state index contributed by atoms with van der Waals surface area (Å²) >= 11 is 0. The monoisotopic (exact) mass is 408 g/mol. The molecule has 0 aliphatic heterocycles. The molecule has 3 nitrogen and oxygen atoms in total. The molecular weight excluding hydrogens is 384 g/mol. The first-order valence-corrected chi connectivity index (χ1v) is 10.7. The summed E-state index contributed by atoms with van der Waals surface area (Å²) in [6.07, 6.45) is 2.71. The van der Waals surface area contributed by atoms with Crippen LogP contribution in [0.3, 0.4) is 0 Å². The SMILES string of the molecule is O=C(CCCCCC(=O)c1cccc2ccccc12)C(=O)c1cccc2ccccc12. The van der Waals surface area contributed by atoms with Gasteiger partial charge in [0.1, 0.15) is 0 Å². The van der Waals surface area contributed by atoms with Gasteiger partial charge < -0.3 is 0 Å². The molecule has 0 spiro atoms. The van der Waals surface area contributed by atoms with E-state index in [1.54, 1.807) is 6.07 Å². The van der Waals surface area contributed by atoms with Crippen LogP contribution in [-0.2, 0) is 4.79 Å². The van der Waals surface area contributed by atoms with E-state index in [2.05, 4.69) is 0 Å². The molecule has 4 aromatic rings. The van der Waals surface area contributed by atoms with Crippen molar-refractivity contribution >= 4 is 38.9 Å². The lowest BCUT2D eigenvalue weighted by Gasteiger charge is -2.06. The summed E-state index contributed by atoms with van der Waals surface area (Å²) in [6, 6.07) is 26.7. The van der Waals surface area contributed by atoms with Crippen LogP contribution in [0.15, 0.2) is 84.9 Å². The second-order valence-corrected chi connectivity index (χ2v) is 7.79. The van der Waals surface area contributed by atoms with Crippen molar-refractivity contribution in [2.45, 2.75) is 32.1 Å². The third-order valence-corrected chi connectivity index (χ3v) is 5.69. The first kappa shape index (κ1) is 20.7. The van der Waals surface area contributed by atoms with E-state index in [1.165, 1.54) is 0 Å². The van der Waals surface area contributed by atoms with E-state index in [0.717, 1.165) is 33.5 Å². The number of carbonyl (C=O) groups is 3. The third kappa shape index (κ3) is 4.61. The first-order valence-electron chi connectivity index (χ1n) is 10.7. The molecule has 4 aromatic carbocycles. The molecule has 0 saturated carbocycles. The molecule has 0 N–H and O–H groups in total. The number of hydrogen-bond donors (Lipinski definition) is 0. The zero-order valence-electron chi connectivity index (χ0n) is 17.3. The second kappa shape index (κ2) is 9.48. The maximum atomic E-state index is 12.7. The van der Waals surface area contributed by atoms with E-state index in [1.807, 2.05) is 78.9 Å². The fraction of sp³-hybridized carbons (Fsp3) is 0.179. The molecule has 0 saturated heterocycles. The van der Waals surface area contributed by atoms with E-state index in [4.69, 9.17) is 0 Å². The van der Waals surface area contributed by atoms with Gasteiger partial charge in [-0.05, 0) is 34.4 Å². The molecule has 0 heterocycles. The molecule has 3 heteroatoms. The summed E-state index contributed by atoms with van der Waals surface area (Å²) in [6.45, 7) is 0. The van der Waals surface area contributed by atoms with Gasteiger partial charge in [-0.2, -0.15) is 0 Å². The Hall–Kier alpha value is -3.59. The van der Waals surface area contributed by atoms with E-state index in [-0.39, 0.29) is 18.0 Å². The van der Waals surface area contributed by atoms with Gasteiger partial charge in [-0.1, -0.05) is 91.3 Å². The standard InChI is InChI=1S/C28H24O3/c29-26(24-16-8-12-20-10-4-6-14-22(20)24)18-2-1-3-19-27(30)28(31)25-17-9-13-21-11-5-7-15-23(21)25/h4-17H,1-3,18-19H2. The average molecular weight is 408 g/mol. The Bertz CT molecular complexity index is 1260. The maximum Gasteiger partial charge on any atom is 0.229 e. The Morgan fingerprint density at radius 2 is 1.03 bits per heavy atom. The Morgan fingerprint density at radius 3 is 1.71 bits per heavy atom. The summed E-state index contributed by atoms with van der Waals surface area (Å²) in [4.78, 5) is 37.7. The van der Waals surface area contributed by atoms with Gasteiger partial charge in [-0.3, -0.25) is 14.4 Å². The van der Waals surface area contributed by atoms with E-state index < -0.39 is 5.78 Å². The van der Waals surface area contributed by atoms with Crippen LogP contribution in [0, 0.1) is 0 Å². The van der Waals surface area contributed by atoms with Gasteiger partial charge in [0, 0.05) is 24.0 Å². The average Bonchev–Trinajstić information content (AvgIpc) is 2.82. The number of rotatable bonds is 9. The zero-order valence-corrected chi connectivity index (χ0v) is 17.3.